The molecule has 0 aliphatic heterocycles. The molecule has 0 aliphatic carbocycles. The number of thioether (sulfide) groups is 1. The molecule has 0 fully saturated rings. The van der Waals surface area contributed by atoms with E-state index in [2.05, 4.69) is 15.0 Å². The van der Waals surface area contributed by atoms with E-state index >= 15 is 0 Å². The minimum atomic E-state index is -0.161. The summed E-state index contributed by atoms with van der Waals surface area (Å²) < 4.78 is 2.18. The van der Waals surface area contributed by atoms with Crippen LogP contribution >= 0.6 is 23.1 Å². The van der Waals surface area contributed by atoms with Gasteiger partial charge in [-0.1, -0.05) is 23.9 Å². The molecule has 1 N–H and O–H groups in total. The second-order valence-corrected chi connectivity index (χ2v) is 7.07. The summed E-state index contributed by atoms with van der Waals surface area (Å²) in [4.78, 5) is 36.2. The van der Waals surface area contributed by atoms with Crippen molar-refractivity contribution in [2.24, 2.45) is 7.05 Å². The van der Waals surface area contributed by atoms with Crippen LogP contribution in [0.3, 0.4) is 0 Å². The fraction of sp³-hybridized carbons (Fsp3) is 0.125. The number of fused-ring (bicyclic) bond motifs is 2. The average Bonchev–Trinajstić information content (AvgIpc) is 3.05. The largest absolute Gasteiger partial charge is 0.309 e. The fourth-order valence-corrected chi connectivity index (χ4v) is 4.08. The molecule has 0 aliphatic rings. The molecule has 6 nitrogen and oxygen atoms in total. The molecule has 0 radical (unpaired) electrons. The van der Waals surface area contributed by atoms with Crippen molar-refractivity contribution < 1.29 is 0 Å². The normalized spacial score (nSPS) is 11.4. The molecule has 3 aromatic heterocycles. The van der Waals surface area contributed by atoms with Crippen LogP contribution in [0.1, 0.15) is 5.82 Å². The third-order valence-corrected chi connectivity index (χ3v) is 5.58. The van der Waals surface area contributed by atoms with Crippen LogP contribution in [0, 0.1) is 0 Å². The molecule has 0 saturated heterocycles. The molecular formula is C16H12N4O2S2. The molecule has 8 heteroatoms. The van der Waals surface area contributed by atoms with Crippen molar-refractivity contribution in [3.8, 4) is 0 Å². The van der Waals surface area contributed by atoms with E-state index in [0.29, 0.717) is 37.9 Å². The van der Waals surface area contributed by atoms with Gasteiger partial charge in [0.1, 0.15) is 10.5 Å². The van der Waals surface area contributed by atoms with Gasteiger partial charge in [-0.05, 0) is 23.6 Å². The van der Waals surface area contributed by atoms with Gasteiger partial charge in [-0.15, -0.1) is 11.3 Å². The van der Waals surface area contributed by atoms with Crippen LogP contribution in [0.2, 0.25) is 0 Å². The van der Waals surface area contributed by atoms with E-state index in [-0.39, 0.29) is 11.1 Å². The zero-order valence-corrected chi connectivity index (χ0v) is 14.3. The molecular weight excluding hydrogens is 344 g/mol. The molecule has 0 bridgehead atoms. The number of nitrogens with one attached hydrogen (secondary N) is 1. The predicted molar refractivity (Wildman–Crippen MR) is 96.8 cm³/mol. The Morgan fingerprint density at radius 3 is 2.88 bits per heavy atom. The molecule has 0 spiro atoms. The first kappa shape index (κ1) is 15.1. The van der Waals surface area contributed by atoms with Gasteiger partial charge in [0.15, 0.2) is 5.16 Å². The van der Waals surface area contributed by atoms with Gasteiger partial charge < -0.3 is 4.98 Å². The summed E-state index contributed by atoms with van der Waals surface area (Å²) in [7, 11) is 1.70. The van der Waals surface area contributed by atoms with E-state index in [4.69, 9.17) is 0 Å². The molecule has 0 amide bonds. The molecule has 4 rings (SSSR count). The maximum absolute atomic E-state index is 12.3. The third-order valence-electron chi connectivity index (χ3n) is 3.65. The predicted octanol–water partition coefficient (Wildman–Crippen LogP) is 2.52. The Kier molecular flexibility index (Phi) is 3.70. The van der Waals surface area contributed by atoms with Crippen molar-refractivity contribution in [1.29, 1.82) is 0 Å². The Bertz CT molecular complexity index is 1180. The van der Waals surface area contributed by atoms with Crippen molar-refractivity contribution in [1.82, 2.24) is 19.5 Å². The Morgan fingerprint density at radius 1 is 1.17 bits per heavy atom. The quantitative estimate of drug-likeness (QED) is 0.451. The van der Waals surface area contributed by atoms with Crippen LogP contribution in [0.5, 0.6) is 0 Å². The summed E-state index contributed by atoms with van der Waals surface area (Å²) in [5.74, 6) is 0.985. The topological polar surface area (TPSA) is 80.6 Å². The van der Waals surface area contributed by atoms with E-state index in [9.17, 15) is 9.59 Å². The number of thiophene rings is 1. The number of nitrogens with zero attached hydrogens (tertiary/aromatic N) is 3. The maximum atomic E-state index is 12.3. The highest BCUT2D eigenvalue weighted by Crippen LogP contribution is 2.22. The van der Waals surface area contributed by atoms with Crippen molar-refractivity contribution in [3.05, 3.63) is 62.2 Å². The number of aromatic nitrogens is 4. The lowest BCUT2D eigenvalue weighted by molar-refractivity contribution is 0.727. The molecule has 24 heavy (non-hydrogen) atoms. The lowest BCUT2D eigenvalue weighted by atomic mass is 10.2. The maximum Gasteiger partial charge on any atom is 0.271 e. The van der Waals surface area contributed by atoms with Gasteiger partial charge in [0, 0.05) is 7.05 Å². The fourth-order valence-electron chi connectivity index (χ4n) is 2.43. The van der Waals surface area contributed by atoms with Gasteiger partial charge in [-0.25, -0.2) is 9.97 Å². The van der Waals surface area contributed by atoms with Crippen molar-refractivity contribution in [2.75, 3.05) is 0 Å². The Balaban J connectivity index is 1.69. The van der Waals surface area contributed by atoms with E-state index in [0.717, 1.165) is 0 Å². The van der Waals surface area contributed by atoms with Gasteiger partial charge >= 0.3 is 0 Å². The Labute approximate surface area is 144 Å². The second-order valence-electron chi connectivity index (χ2n) is 5.21. The van der Waals surface area contributed by atoms with Gasteiger partial charge in [0.2, 0.25) is 0 Å². The number of hydrogen-bond donors (Lipinski definition) is 1. The highest BCUT2D eigenvalue weighted by molar-refractivity contribution is 7.98. The Morgan fingerprint density at radius 2 is 2.00 bits per heavy atom. The lowest BCUT2D eigenvalue weighted by Crippen LogP contribution is -2.19. The zero-order valence-electron chi connectivity index (χ0n) is 12.6. The molecule has 120 valence electrons. The van der Waals surface area contributed by atoms with Crippen LogP contribution < -0.4 is 11.1 Å². The highest BCUT2D eigenvalue weighted by atomic mass is 32.2. The van der Waals surface area contributed by atoms with E-state index in [1.54, 1.807) is 13.1 Å². The minimum absolute atomic E-state index is 0.0579. The first-order valence-electron chi connectivity index (χ1n) is 7.18. The lowest BCUT2D eigenvalue weighted by Gasteiger charge is -2.07. The number of hydrogen-bond acceptors (Lipinski definition) is 6. The van der Waals surface area contributed by atoms with Crippen molar-refractivity contribution >= 4 is 44.2 Å². The summed E-state index contributed by atoms with van der Waals surface area (Å²) in [6.07, 6.45) is 0. The summed E-state index contributed by atoms with van der Waals surface area (Å²) in [5.41, 5.74) is 1.14. The number of para-hydroxylation sites is 1. The standard InChI is InChI=1S/C16H12N4O2S2/c1-20-15(22)13-11(6-7-23-13)18-16(20)24-8-12-17-10-5-3-2-4-9(10)14(21)19-12/h2-7H,8H2,1H3,(H,17,19,21). The first-order chi connectivity index (χ1) is 11.6. The molecule has 0 saturated carbocycles. The van der Waals surface area contributed by atoms with Crippen molar-refractivity contribution in [3.63, 3.8) is 0 Å². The van der Waals surface area contributed by atoms with E-state index in [1.807, 2.05) is 29.6 Å². The van der Waals surface area contributed by atoms with Gasteiger partial charge in [-0.3, -0.25) is 14.2 Å². The first-order valence-corrected chi connectivity index (χ1v) is 9.05. The summed E-state index contributed by atoms with van der Waals surface area (Å²) in [6.45, 7) is 0. The zero-order chi connectivity index (χ0) is 16.7. The molecule has 1 aromatic carbocycles. The van der Waals surface area contributed by atoms with Crippen molar-refractivity contribution in [2.45, 2.75) is 10.9 Å². The Hall–Kier alpha value is -2.45. The molecule has 3 heterocycles. The van der Waals surface area contributed by atoms with Crippen LogP contribution in [-0.2, 0) is 12.8 Å². The van der Waals surface area contributed by atoms with Gasteiger partial charge in [0.05, 0.1) is 22.2 Å². The monoisotopic (exact) mass is 356 g/mol. The smallest absolute Gasteiger partial charge is 0.271 e. The van der Waals surface area contributed by atoms with E-state index < -0.39 is 0 Å². The van der Waals surface area contributed by atoms with E-state index in [1.165, 1.54) is 27.7 Å². The van der Waals surface area contributed by atoms with Crippen LogP contribution in [0.15, 0.2) is 50.5 Å². The third kappa shape index (κ3) is 2.53. The highest BCUT2D eigenvalue weighted by Gasteiger charge is 2.11. The number of benzene rings is 1. The molecule has 0 unspecified atom stereocenters. The van der Waals surface area contributed by atoms with Gasteiger partial charge in [0.25, 0.3) is 11.1 Å². The number of H-pyrrole nitrogens is 1. The number of rotatable bonds is 3. The summed E-state index contributed by atoms with van der Waals surface area (Å²) in [6, 6.07) is 9.05. The average molecular weight is 356 g/mol. The summed E-state index contributed by atoms with van der Waals surface area (Å²) in [5, 5.41) is 3.02. The molecule has 0 atom stereocenters. The SMILES string of the molecule is Cn1c(SCc2nc3ccccc3c(=O)[nH]2)nc2ccsc2c1=O. The summed E-state index contributed by atoms with van der Waals surface area (Å²) >= 11 is 2.76. The van der Waals surface area contributed by atoms with Gasteiger partial charge in [-0.2, -0.15) is 0 Å². The number of aromatic amines is 1. The van der Waals surface area contributed by atoms with Crippen LogP contribution in [0.4, 0.5) is 0 Å². The van der Waals surface area contributed by atoms with Crippen LogP contribution in [0.25, 0.3) is 21.1 Å². The molecule has 4 aromatic rings. The minimum Gasteiger partial charge on any atom is -0.309 e. The van der Waals surface area contributed by atoms with Crippen LogP contribution in [-0.4, -0.2) is 19.5 Å². The second kappa shape index (κ2) is 5.88.